The average Bonchev–Trinajstić information content (AvgIpc) is 2.50. The molecule has 3 atom stereocenters. The van der Waals surface area contributed by atoms with E-state index < -0.39 is 14.4 Å². The van der Waals surface area contributed by atoms with Crippen molar-refractivity contribution in [2.24, 2.45) is 11.8 Å². The molecule has 24 heavy (non-hydrogen) atoms. The van der Waals surface area contributed by atoms with E-state index in [1.807, 2.05) is 6.92 Å². The minimum absolute atomic E-state index is 0.0192. The van der Waals surface area contributed by atoms with E-state index in [9.17, 15) is 9.90 Å². The quantitative estimate of drug-likeness (QED) is 0.354. The number of ether oxygens (including phenoxy) is 1. The molecular weight excluding hydrogens is 320 g/mol. The summed E-state index contributed by atoms with van der Waals surface area (Å²) in [6, 6.07) is 0. The van der Waals surface area contributed by atoms with E-state index in [4.69, 9.17) is 4.43 Å². The molecule has 0 bridgehead atoms. The lowest BCUT2D eigenvalue weighted by atomic mass is 10.0. The average molecular weight is 359 g/mol. The molecule has 0 fully saturated rings. The zero-order valence-electron chi connectivity index (χ0n) is 17.0. The van der Waals surface area contributed by atoms with Crippen molar-refractivity contribution < 1.29 is 19.1 Å². The van der Waals surface area contributed by atoms with Crippen LogP contribution in [0, 0.1) is 11.8 Å². The van der Waals surface area contributed by atoms with Crippen molar-refractivity contribution in [2.75, 3.05) is 13.7 Å². The zero-order chi connectivity index (χ0) is 19.1. The van der Waals surface area contributed by atoms with Gasteiger partial charge in [-0.25, -0.2) is 0 Å². The summed E-state index contributed by atoms with van der Waals surface area (Å²) in [5.41, 5.74) is 1.57. The van der Waals surface area contributed by atoms with Gasteiger partial charge in [-0.1, -0.05) is 60.6 Å². The van der Waals surface area contributed by atoms with E-state index in [2.05, 4.69) is 46.3 Å². The molecule has 0 rings (SSSR count). The summed E-state index contributed by atoms with van der Waals surface area (Å²) in [6.45, 7) is 17.8. The lowest BCUT2D eigenvalue weighted by molar-refractivity contribution is -0.143. The van der Waals surface area contributed by atoms with E-state index in [0.29, 0.717) is 23.2 Å². The number of hydrogen-bond donors (Lipinski definition) is 1. The van der Waals surface area contributed by atoms with Crippen LogP contribution in [0.3, 0.4) is 0 Å². The normalized spacial score (nSPS) is 16.9. The first kappa shape index (κ1) is 23.3. The van der Waals surface area contributed by atoms with Gasteiger partial charge in [-0.2, -0.15) is 0 Å². The number of esters is 1. The van der Waals surface area contributed by atoms with Crippen LogP contribution in [-0.2, 0) is 14.0 Å². The van der Waals surface area contributed by atoms with Gasteiger partial charge < -0.3 is 14.3 Å². The summed E-state index contributed by atoms with van der Waals surface area (Å²) in [7, 11) is -0.545. The van der Waals surface area contributed by atoms with Gasteiger partial charge in [0.05, 0.1) is 19.1 Å². The molecule has 0 aliphatic heterocycles. The first-order valence-corrected chi connectivity index (χ1v) is 11.2. The maximum Gasteiger partial charge on any atom is 0.312 e. The first-order chi connectivity index (χ1) is 11.0. The van der Waals surface area contributed by atoms with Gasteiger partial charge in [0.2, 0.25) is 0 Å². The Hall–Kier alpha value is -0.653. The lowest BCUT2D eigenvalue weighted by Gasteiger charge is -2.43. The molecule has 0 saturated carbocycles. The smallest absolute Gasteiger partial charge is 0.312 e. The summed E-state index contributed by atoms with van der Waals surface area (Å²) in [6.07, 6.45) is 2.75. The van der Waals surface area contributed by atoms with Crippen LogP contribution in [-0.4, -0.2) is 39.2 Å². The molecule has 0 aliphatic rings. The molecule has 1 N–H and O–H groups in total. The number of carbonyl (C=O) groups is 1. The molecule has 5 heteroatoms. The summed E-state index contributed by atoms with van der Waals surface area (Å²) < 4.78 is 11.2. The van der Waals surface area contributed by atoms with Gasteiger partial charge in [0, 0.05) is 12.5 Å². The van der Waals surface area contributed by atoms with Crippen LogP contribution in [0.2, 0.25) is 16.6 Å². The summed E-state index contributed by atoms with van der Waals surface area (Å²) >= 11 is 0. The highest BCUT2D eigenvalue weighted by Gasteiger charge is 2.45. The standard InChI is InChI=1S/C19H38O4Si/c1-13(2)24(14(3)4,15(5)6)23-12-17(8)18(20)11-10-16(7)19(21)22-9/h10-11,13-18,20H,12H2,1-9H3/b11-10+/t16-,17-,18-/m0/s1. The number of hydrogen-bond acceptors (Lipinski definition) is 4. The fraction of sp³-hybridized carbons (Fsp3) is 0.842. The highest BCUT2D eigenvalue weighted by atomic mass is 28.4. The van der Waals surface area contributed by atoms with E-state index in [1.54, 1.807) is 19.1 Å². The van der Waals surface area contributed by atoms with Crippen LogP contribution in [0.4, 0.5) is 0 Å². The number of aliphatic hydroxyl groups is 1. The second-order valence-electron chi connectivity index (χ2n) is 7.79. The third kappa shape index (κ3) is 6.01. The zero-order valence-corrected chi connectivity index (χ0v) is 18.0. The third-order valence-electron chi connectivity index (χ3n) is 5.06. The Morgan fingerprint density at radius 1 is 0.958 bits per heavy atom. The van der Waals surface area contributed by atoms with Crippen LogP contribution < -0.4 is 0 Å². The summed E-state index contributed by atoms with van der Waals surface area (Å²) in [5, 5.41) is 10.3. The molecular formula is C19H38O4Si. The predicted octanol–water partition coefficient (Wildman–Crippen LogP) is 4.54. The van der Waals surface area contributed by atoms with Crippen molar-refractivity contribution in [1.29, 1.82) is 0 Å². The van der Waals surface area contributed by atoms with Gasteiger partial charge >= 0.3 is 5.97 Å². The molecule has 0 aromatic carbocycles. The Labute approximate surface area is 149 Å². The molecule has 0 aromatic rings. The molecule has 0 radical (unpaired) electrons. The van der Waals surface area contributed by atoms with Crippen molar-refractivity contribution in [3.63, 3.8) is 0 Å². The molecule has 0 amide bonds. The van der Waals surface area contributed by atoms with Gasteiger partial charge in [0.1, 0.15) is 0 Å². The highest BCUT2D eigenvalue weighted by molar-refractivity contribution is 6.77. The SMILES string of the molecule is COC(=O)[C@@H](C)/C=C/[C@H](O)[C@@H](C)CO[Si](C(C)C)(C(C)C)C(C)C. The monoisotopic (exact) mass is 358 g/mol. The van der Waals surface area contributed by atoms with Crippen LogP contribution in [0.5, 0.6) is 0 Å². The molecule has 0 aliphatic carbocycles. The van der Waals surface area contributed by atoms with Crippen molar-refractivity contribution >= 4 is 14.3 Å². The second-order valence-corrected chi connectivity index (χ2v) is 13.3. The summed E-state index contributed by atoms with van der Waals surface area (Å²) in [4.78, 5) is 11.4. The van der Waals surface area contributed by atoms with E-state index in [1.165, 1.54) is 7.11 Å². The van der Waals surface area contributed by atoms with E-state index >= 15 is 0 Å². The highest BCUT2D eigenvalue weighted by Crippen LogP contribution is 2.42. The van der Waals surface area contributed by atoms with Crippen molar-refractivity contribution in [2.45, 2.75) is 78.1 Å². The molecule has 0 aromatic heterocycles. The Morgan fingerprint density at radius 2 is 1.42 bits per heavy atom. The molecule has 4 nitrogen and oxygen atoms in total. The van der Waals surface area contributed by atoms with Gasteiger partial charge in [-0.05, 0) is 23.5 Å². The number of rotatable bonds is 10. The Bertz CT molecular complexity index is 382. The topological polar surface area (TPSA) is 55.8 Å². The molecule has 0 unspecified atom stereocenters. The second kappa shape index (κ2) is 10.4. The van der Waals surface area contributed by atoms with Gasteiger partial charge in [0.15, 0.2) is 8.32 Å². The first-order valence-electron chi connectivity index (χ1n) is 9.08. The molecule has 0 saturated heterocycles. The maximum atomic E-state index is 11.4. The van der Waals surface area contributed by atoms with Crippen molar-refractivity contribution in [3.8, 4) is 0 Å². The van der Waals surface area contributed by atoms with Crippen LogP contribution in [0.15, 0.2) is 12.2 Å². The van der Waals surface area contributed by atoms with Gasteiger partial charge in [0.25, 0.3) is 0 Å². The number of methoxy groups -OCH3 is 1. The lowest BCUT2D eigenvalue weighted by Crippen LogP contribution is -2.49. The van der Waals surface area contributed by atoms with Crippen LogP contribution in [0.25, 0.3) is 0 Å². The van der Waals surface area contributed by atoms with E-state index in [-0.39, 0.29) is 17.8 Å². The Morgan fingerprint density at radius 3 is 1.79 bits per heavy atom. The minimum atomic E-state index is -1.91. The third-order valence-corrected chi connectivity index (χ3v) is 11.1. The minimum Gasteiger partial charge on any atom is -0.469 e. The fourth-order valence-corrected chi connectivity index (χ4v) is 9.16. The fourth-order valence-electron chi connectivity index (χ4n) is 3.61. The van der Waals surface area contributed by atoms with Crippen molar-refractivity contribution in [1.82, 2.24) is 0 Å². The van der Waals surface area contributed by atoms with Crippen LogP contribution >= 0.6 is 0 Å². The molecule has 0 spiro atoms. The summed E-state index contributed by atoms with van der Waals surface area (Å²) in [5.74, 6) is -0.671. The number of aliphatic hydroxyl groups excluding tert-OH is 1. The van der Waals surface area contributed by atoms with E-state index in [0.717, 1.165) is 0 Å². The van der Waals surface area contributed by atoms with Gasteiger partial charge in [-0.15, -0.1) is 0 Å². The predicted molar refractivity (Wildman–Crippen MR) is 102 cm³/mol. The Balaban J connectivity index is 4.88. The largest absolute Gasteiger partial charge is 0.469 e. The molecule has 0 heterocycles. The van der Waals surface area contributed by atoms with Gasteiger partial charge in [-0.3, -0.25) is 4.79 Å². The van der Waals surface area contributed by atoms with Crippen LogP contribution in [0.1, 0.15) is 55.4 Å². The van der Waals surface area contributed by atoms with Crippen molar-refractivity contribution in [3.05, 3.63) is 12.2 Å². The number of carbonyl (C=O) groups excluding carboxylic acids is 1. The maximum absolute atomic E-state index is 11.4. The Kier molecular flexibility index (Phi) is 10.1. The molecule has 142 valence electrons.